The number of hydrogen-bond acceptors (Lipinski definition) is 1. The summed E-state index contributed by atoms with van der Waals surface area (Å²) in [4.78, 5) is 0. The third kappa shape index (κ3) is 2.58. The molecule has 1 heteroatoms. The van der Waals surface area contributed by atoms with Crippen molar-refractivity contribution in [3.05, 3.63) is 29.8 Å². The minimum absolute atomic E-state index is 0.613. The highest BCUT2D eigenvalue weighted by Gasteiger charge is 2.20. The smallest absolute Gasteiger partial charge is 0.0354 e. The first-order valence-electron chi connectivity index (χ1n) is 6.13. The number of hydrogen-bond donors (Lipinski definition) is 1. The van der Waals surface area contributed by atoms with E-state index in [-0.39, 0.29) is 0 Å². The molecule has 0 unspecified atom stereocenters. The first-order chi connectivity index (χ1) is 7.79. The van der Waals surface area contributed by atoms with E-state index >= 15 is 0 Å². The quantitative estimate of drug-likeness (QED) is 0.739. The highest BCUT2D eigenvalue weighted by atomic mass is 14.9. The lowest BCUT2D eigenvalue weighted by molar-refractivity contribution is 0.349. The number of rotatable bonds is 2. The number of terminal acetylenes is 1. The molecule has 2 atom stereocenters. The monoisotopic (exact) mass is 213 g/mol. The molecular formula is C15H19N. The first kappa shape index (κ1) is 11.1. The second kappa shape index (κ2) is 5.07. The molecule has 1 N–H and O–H groups in total. The van der Waals surface area contributed by atoms with Crippen LogP contribution in [0.4, 0.5) is 5.69 Å². The summed E-state index contributed by atoms with van der Waals surface area (Å²) in [5.41, 5.74) is 2.11. The van der Waals surface area contributed by atoms with Gasteiger partial charge in [-0.1, -0.05) is 31.8 Å². The van der Waals surface area contributed by atoms with E-state index in [0.29, 0.717) is 6.04 Å². The zero-order valence-corrected chi connectivity index (χ0v) is 9.87. The van der Waals surface area contributed by atoms with Gasteiger partial charge in [-0.2, -0.15) is 0 Å². The maximum absolute atomic E-state index is 5.40. The lowest BCUT2D eigenvalue weighted by atomic mass is 9.86. The van der Waals surface area contributed by atoms with Crippen molar-refractivity contribution in [2.45, 2.75) is 38.6 Å². The molecule has 1 aromatic carbocycles. The summed E-state index contributed by atoms with van der Waals surface area (Å²) in [5.74, 6) is 3.44. The summed E-state index contributed by atoms with van der Waals surface area (Å²) in [6.45, 7) is 2.34. The van der Waals surface area contributed by atoms with Gasteiger partial charge in [0.2, 0.25) is 0 Å². The Balaban J connectivity index is 2.05. The van der Waals surface area contributed by atoms with Crippen LogP contribution in [0.1, 0.15) is 38.2 Å². The molecule has 1 aliphatic rings. The van der Waals surface area contributed by atoms with Crippen LogP contribution in [0.25, 0.3) is 0 Å². The van der Waals surface area contributed by atoms with Gasteiger partial charge in [0.1, 0.15) is 0 Å². The summed E-state index contributed by atoms with van der Waals surface area (Å²) in [5, 5.41) is 3.61. The van der Waals surface area contributed by atoms with E-state index in [2.05, 4.69) is 30.3 Å². The number of benzene rings is 1. The molecule has 0 spiro atoms. The van der Waals surface area contributed by atoms with E-state index in [9.17, 15) is 0 Å². The third-order valence-corrected chi connectivity index (χ3v) is 3.49. The first-order valence-corrected chi connectivity index (χ1v) is 6.13. The molecule has 0 bridgehead atoms. The normalized spacial score (nSPS) is 24.8. The molecule has 1 fully saturated rings. The van der Waals surface area contributed by atoms with Gasteiger partial charge < -0.3 is 5.32 Å². The molecule has 2 rings (SSSR count). The molecular weight excluding hydrogens is 194 g/mol. The van der Waals surface area contributed by atoms with Crippen molar-refractivity contribution < 1.29 is 0 Å². The Bertz CT molecular complexity index is 389. The van der Waals surface area contributed by atoms with Crippen molar-refractivity contribution in [2.24, 2.45) is 5.92 Å². The summed E-state index contributed by atoms with van der Waals surface area (Å²) < 4.78 is 0. The molecule has 84 valence electrons. The van der Waals surface area contributed by atoms with Crippen molar-refractivity contribution in [1.29, 1.82) is 0 Å². The van der Waals surface area contributed by atoms with Crippen LogP contribution in [0, 0.1) is 18.3 Å². The molecule has 0 saturated heterocycles. The van der Waals surface area contributed by atoms with Gasteiger partial charge >= 0.3 is 0 Å². The minimum Gasteiger partial charge on any atom is -0.382 e. The maximum atomic E-state index is 5.40. The molecule has 1 aromatic rings. The van der Waals surface area contributed by atoms with Gasteiger partial charge in [-0.15, -0.1) is 6.42 Å². The topological polar surface area (TPSA) is 12.0 Å². The number of anilines is 1. The summed E-state index contributed by atoms with van der Waals surface area (Å²) in [6, 6.07) is 8.76. The van der Waals surface area contributed by atoms with Crippen molar-refractivity contribution >= 4 is 5.69 Å². The fraction of sp³-hybridized carbons (Fsp3) is 0.467. The summed E-state index contributed by atoms with van der Waals surface area (Å²) >= 11 is 0. The highest BCUT2D eigenvalue weighted by Crippen LogP contribution is 2.26. The fourth-order valence-corrected chi connectivity index (χ4v) is 2.44. The van der Waals surface area contributed by atoms with Crippen LogP contribution in [0.15, 0.2) is 24.3 Å². The van der Waals surface area contributed by atoms with E-state index in [1.165, 1.54) is 25.7 Å². The molecule has 0 aliphatic heterocycles. The van der Waals surface area contributed by atoms with Gasteiger partial charge in [0.15, 0.2) is 0 Å². The molecule has 1 aliphatic carbocycles. The molecule has 0 amide bonds. The van der Waals surface area contributed by atoms with Gasteiger partial charge in [-0.3, -0.25) is 0 Å². The Morgan fingerprint density at radius 3 is 2.88 bits per heavy atom. The average molecular weight is 213 g/mol. The van der Waals surface area contributed by atoms with Gasteiger partial charge in [0, 0.05) is 17.3 Å². The van der Waals surface area contributed by atoms with Crippen molar-refractivity contribution in [3.63, 3.8) is 0 Å². The molecule has 0 radical (unpaired) electrons. The Kier molecular flexibility index (Phi) is 3.51. The van der Waals surface area contributed by atoms with E-state index < -0.39 is 0 Å². The van der Waals surface area contributed by atoms with E-state index in [4.69, 9.17) is 6.42 Å². The Morgan fingerprint density at radius 2 is 2.12 bits per heavy atom. The molecule has 0 aromatic heterocycles. The Hall–Kier alpha value is -1.42. The van der Waals surface area contributed by atoms with E-state index in [0.717, 1.165) is 17.2 Å². The van der Waals surface area contributed by atoms with Crippen molar-refractivity contribution in [3.8, 4) is 12.3 Å². The van der Waals surface area contributed by atoms with Crippen molar-refractivity contribution in [1.82, 2.24) is 0 Å². The van der Waals surface area contributed by atoms with Crippen LogP contribution in [0.3, 0.4) is 0 Å². The standard InChI is InChI=1S/C15H19N/c1-3-13-8-6-9-14(11-13)16-15-10-5-4-7-12(15)2/h1,6,8-9,11-12,15-16H,4-5,7,10H2,2H3/t12-,15-/m0/s1. The summed E-state index contributed by atoms with van der Waals surface area (Å²) in [7, 11) is 0. The largest absolute Gasteiger partial charge is 0.382 e. The fourth-order valence-electron chi connectivity index (χ4n) is 2.44. The Morgan fingerprint density at radius 1 is 1.31 bits per heavy atom. The van der Waals surface area contributed by atoms with Gasteiger partial charge in [0.05, 0.1) is 0 Å². The molecule has 16 heavy (non-hydrogen) atoms. The zero-order chi connectivity index (χ0) is 11.4. The molecule has 1 nitrogen and oxygen atoms in total. The molecule has 1 saturated carbocycles. The van der Waals surface area contributed by atoms with Crippen LogP contribution in [0.2, 0.25) is 0 Å². The minimum atomic E-state index is 0.613. The Labute approximate surface area is 98.3 Å². The predicted octanol–water partition coefficient (Wildman–Crippen LogP) is 3.66. The lowest BCUT2D eigenvalue weighted by Crippen LogP contribution is -2.30. The highest BCUT2D eigenvalue weighted by molar-refractivity contribution is 5.50. The van der Waals surface area contributed by atoms with Crippen LogP contribution < -0.4 is 5.32 Å². The SMILES string of the molecule is C#Cc1cccc(N[C@H]2CCCC[C@@H]2C)c1. The maximum Gasteiger partial charge on any atom is 0.0354 e. The van der Waals surface area contributed by atoms with Crippen LogP contribution in [-0.2, 0) is 0 Å². The van der Waals surface area contributed by atoms with Gasteiger partial charge in [-0.25, -0.2) is 0 Å². The van der Waals surface area contributed by atoms with Crippen LogP contribution in [0.5, 0.6) is 0 Å². The van der Waals surface area contributed by atoms with E-state index in [1.54, 1.807) is 0 Å². The van der Waals surface area contributed by atoms with Crippen molar-refractivity contribution in [2.75, 3.05) is 5.32 Å². The van der Waals surface area contributed by atoms with Gasteiger partial charge in [-0.05, 0) is 37.0 Å². The van der Waals surface area contributed by atoms with E-state index in [1.807, 2.05) is 12.1 Å². The van der Waals surface area contributed by atoms with Crippen LogP contribution in [-0.4, -0.2) is 6.04 Å². The predicted molar refractivity (Wildman–Crippen MR) is 69.4 cm³/mol. The average Bonchev–Trinajstić information content (AvgIpc) is 2.32. The zero-order valence-electron chi connectivity index (χ0n) is 9.87. The second-order valence-electron chi connectivity index (χ2n) is 4.74. The van der Waals surface area contributed by atoms with Crippen LogP contribution >= 0.6 is 0 Å². The third-order valence-electron chi connectivity index (χ3n) is 3.49. The summed E-state index contributed by atoms with van der Waals surface area (Å²) in [6.07, 6.45) is 10.7. The number of nitrogens with one attached hydrogen (secondary N) is 1. The second-order valence-corrected chi connectivity index (χ2v) is 4.74. The van der Waals surface area contributed by atoms with Gasteiger partial charge in [0.25, 0.3) is 0 Å². The molecule has 0 heterocycles. The lowest BCUT2D eigenvalue weighted by Gasteiger charge is -2.30.